The summed E-state index contributed by atoms with van der Waals surface area (Å²) in [5.41, 5.74) is 0.442. The van der Waals surface area contributed by atoms with Crippen molar-refractivity contribution in [2.24, 2.45) is 0 Å². The number of morpholine rings is 1. The minimum atomic E-state index is -0.334. The number of ether oxygens (including phenoxy) is 1. The minimum absolute atomic E-state index is 0.185. The molecule has 1 aromatic rings. The first-order valence-corrected chi connectivity index (χ1v) is 7.57. The summed E-state index contributed by atoms with van der Waals surface area (Å²) in [7, 11) is 0. The molecule has 0 unspecified atom stereocenters. The summed E-state index contributed by atoms with van der Waals surface area (Å²) in [5.74, 6) is -0.391. The van der Waals surface area contributed by atoms with E-state index in [0.717, 1.165) is 18.0 Å². The molecule has 2 saturated heterocycles. The van der Waals surface area contributed by atoms with Crippen LogP contribution in [0, 0.1) is 0 Å². The Morgan fingerprint density at radius 1 is 1.10 bits per heavy atom. The summed E-state index contributed by atoms with van der Waals surface area (Å²) in [4.78, 5) is 27.1. The molecule has 2 amide bonds. The van der Waals surface area contributed by atoms with Crippen LogP contribution in [0.4, 0.5) is 5.69 Å². The summed E-state index contributed by atoms with van der Waals surface area (Å²) in [6, 6.07) is 4.40. The number of nitrogens with one attached hydrogen (secondary N) is 1. The monoisotopic (exact) mass is 329 g/mol. The third kappa shape index (κ3) is 2.92. The molecular weight excluding hydrogens is 315 g/mol. The van der Waals surface area contributed by atoms with Crippen LogP contribution in [0.2, 0.25) is 10.0 Å². The lowest BCUT2D eigenvalue weighted by atomic mass is 10.2. The highest BCUT2D eigenvalue weighted by Gasteiger charge is 2.46. The number of amides is 2. The highest BCUT2D eigenvalue weighted by molar-refractivity contribution is 6.35. The number of rotatable bonds is 2. The second kappa shape index (κ2) is 5.93. The molecule has 5 nitrogen and oxygen atoms in total. The van der Waals surface area contributed by atoms with E-state index in [1.165, 1.54) is 4.90 Å². The minimum Gasteiger partial charge on any atom is -0.370 e. The molecule has 2 aliphatic heterocycles. The number of carbonyl (C=O) groups excluding carboxylic acids is 2. The molecule has 21 heavy (non-hydrogen) atoms. The maximum atomic E-state index is 12.6. The third-order valence-corrected chi connectivity index (χ3v) is 4.32. The van der Waals surface area contributed by atoms with Gasteiger partial charge >= 0.3 is 0 Å². The Morgan fingerprint density at radius 3 is 2.33 bits per heavy atom. The van der Waals surface area contributed by atoms with Crippen molar-refractivity contribution in [3.05, 3.63) is 28.2 Å². The summed E-state index contributed by atoms with van der Waals surface area (Å²) >= 11 is 11.9. The highest BCUT2D eigenvalue weighted by Crippen LogP contribution is 2.28. The van der Waals surface area contributed by atoms with Gasteiger partial charge in [-0.3, -0.25) is 9.59 Å². The number of nitrogens with zero attached hydrogens (tertiary/aromatic N) is 1. The Kier molecular flexibility index (Phi) is 4.17. The SMILES string of the molecule is O=C1C[C@@H]([NH+]2CCOCC2)C(=O)N1c1cc(Cl)cc(Cl)c1. The number of anilines is 1. The Hall–Kier alpha value is -1.14. The Balaban J connectivity index is 1.86. The lowest BCUT2D eigenvalue weighted by Gasteiger charge is -2.27. The Labute approximate surface area is 132 Å². The molecule has 0 spiro atoms. The molecule has 7 heteroatoms. The van der Waals surface area contributed by atoms with Crippen molar-refractivity contribution in [1.29, 1.82) is 0 Å². The predicted octanol–water partition coefficient (Wildman–Crippen LogP) is 0.540. The number of imide groups is 1. The van der Waals surface area contributed by atoms with E-state index in [2.05, 4.69) is 0 Å². The number of benzene rings is 1. The molecule has 0 radical (unpaired) electrons. The molecule has 1 N–H and O–H groups in total. The number of quaternary nitrogens is 1. The summed E-state index contributed by atoms with van der Waals surface area (Å²) < 4.78 is 5.30. The third-order valence-electron chi connectivity index (χ3n) is 3.88. The largest absolute Gasteiger partial charge is 0.370 e. The fourth-order valence-corrected chi connectivity index (χ4v) is 3.39. The van der Waals surface area contributed by atoms with Crippen LogP contribution >= 0.6 is 23.2 Å². The Bertz CT molecular complexity index is 567. The number of halogens is 2. The zero-order valence-electron chi connectivity index (χ0n) is 11.3. The van der Waals surface area contributed by atoms with Gasteiger partial charge in [0.15, 0.2) is 6.04 Å². The van der Waals surface area contributed by atoms with Gasteiger partial charge in [0, 0.05) is 10.0 Å². The molecule has 0 bridgehead atoms. The van der Waals surface area contributed by atoms with Crippen molar-refractivity contribution in [3.8, 4) is 0 Å². The summed E-state index contributed by atoms with van der Waals surface area (Å²) in [6.07, 6.45) is 0.221. The lowest BCUT2D eigenvalue weighted by molar-refractivity contribution is -0.922. The van der Waals surface area contributed by atoms with Gasteiger partial charge in [0.25, 0.3) is 5.91 Å². The zero-order valence-corrected chi connectivity index (χ0v) is 12.8. The van der Waals surface area contributed by atoms with Gasteiger partial charge in [-0.2, -0.15) is 0 Å². The lowest BCUT2D eigenvalue weighted by Crippen LogP contribution is -3.18. The van der Waals surface area contributed by atoms with E-state index in [1.54, 1.807) is 18.2 Å². The van der Waals surface area contributed by atoms with Crippen molar-refractivity contribution < 1.29 is 19.2 Å². The zero-order chi connectivity index (χ0) is 15.0. The van der Waals surface area contributed by atoms with Gasteiger partial charge in [0.2, 0.25) is 5.91 Å². The molecule has 2 fully saturated rings. The molecule has 0 aromatic heterocycles. The van der Waals surface area contributed by atoms with Crippen LogP contribution in [0.15, 0.2) is 18.2 Å². The number of hydrogen-bond donors (Lipinski definition) is 1. The van der Waals surface area contributed by atoms with E-state index in [-0.39, 0.29) is 24.3 Å². The van der Waals surface area contributed by atoms with Crippen molar-refractivity contribution in [2.75, 3.05) is 31.2 Å². The summed E-state index contributed by atoms with van der Waals surface area (Å²) in [5, 5.41) is 0.806. The average molecular weight is 330 g/mol. The van der Waals surface area contributed by atoms with E-state index in [4.69, 9.17) is 27.9 Å². The first-order valence-electron chi connectivity index (χ1n) is 6.81. The molecule has 3 rings (SSSR count). The normalized spacial score (nSPS) is 23.9. The van der Waals surface area contributed by atoms with Crippen LogP contribution in [0.1, 0.15) is 6.42 Å². The fourth-order valence-electron chi connectivity index (χ4n) is 2.87. The van der Waals surface area contributed by atoms with Gasteiger partial charge < -0.3 is 9.64 Å². The van der Waals surface area contributed by atoms with Gasteiger partial charge in [-0.05, 0) is 18.2 Å². The van der Waals surface area contributed by atoms with E-state index >= 15 is 0 Å². The van der Waals surface area contributed by atoms with Crippen molar-refractivity contribution in [3.63, 3.8) is 0 Å². The predicted molar refractivity (Wildman–Crippen MR) is 78.9 cm³/mol. The van der Waals surface area contributed by atoms with Gasteiger partial charge in [-0.25, -0.2) is 4.90 Å². The van der Waals surface area contributed by atoms with E-state index in [1.807, 2.05) is 0 Å². The molecule has 1 aromatic carbocycles. The van der Waals surface area contributed by atoms with Crippen LogP contribution in [0.25, 0.3) is 0 Å². The van der Waals surface area contributed by atoms with Crippen LogP contribution in [-0.4, -0.2) is 44.2 Å². The average Bonchev–Trinajstić information content (AvgIpc) is 2.74. The topological polar surface area (TPSA) is 51.1 Å². The maximum Gasteiger partial charge on any atom is 0.292 e. The fraction of sp³-hybridized carbons (Fsp3) is 0.429. The van der Waals surface area contributed by atoms with E-state index < -0.39 is 0 Å². The van der Waals surface area contributed by atoms with E-state index in [9.17, 15) is 9.59 Å². The van der Waals surface area contributed by atoms with Crippen molar-refractivity contribution in [2.45, 2.75) is 12.5 Å². The molecule has 1 atom stereocenters. The molecule has 2 aliphatic rings. The molecule has 0 aliphatic carbocycles. The van der Waals surface area contributed by atoms with Gasteiger partial charge in [0.1, 0.15) is 13.1 Å². The van der Waals surface area contributed by atoms with Gasteiger partial charge in [-0.15, -0.1) is 0 Å². The second-order valence-electron chi connectivity index (χ2n) is 5.22. The van der Waals surface area contributed by atoms with Gasteiger partial charge in [-0.1, -0.05) is 23.2 Å². The molecule has 0 saturated carbocycles. The van der Waals surface area contributed by atoms with Gasteiger partial charge in [0.05, 0.1) is 25.3 Å². The van der Waals surface area contributed by atoms with Crippen LogP contribution in [0.3, 0.4) is 0 Å². The first kappa shape index (κ1) is 14.8. The second-order valence-corrected chi connectivity index (χ2v) is 6.10. The highest BCUT2D eigenvalue weighted by atomic mass is 35.5. The molecule has 2 heterocycles. The Morgan fingerprint density at radius 2 is 1.71 bits per heavy atom. The number of hydrogen-bond acceptors (Lipinski definition) is 3. The number of carbonyl (C=O) groups is 2. The molecular formula is C14H15Cl2N2O3+. The smallest absolute Gasteiger partial charge is 0.292 e. The van der Waals surface area contributed by atoms with E-state index in [0.29, 0.717) is 28.9 Å². The molecule has 112 valence electrons. The summed E-state index contributed by atoms with van der Waals surface area (Å²) in [6.45, 7) is 2.73. The van der Waals surface area contributed by atoms with Crippen LogP contribution in [0.5, 0.6) is 0 Å². The van der Waals surface area contributed by atoms with Crippen molar-refractivity contribution in [1.82, 2.24) is 0 Å². The quantitative estimate of drug-likeness (QED) is 0.806. The first-order chi connectivity index (χ1) is 10.1. The van der Waals surface area contributed by atoms with Crippen LogP contribution < -0.4 is 9.80 Å². The standard InChI is InChI=1S/C14H14Cl2N2O3/c15-9-5-10(16)7-11(6-9)18-13(19)8-12(14(18)20)17-1-3-21-4-2-17/h5-7,12H,1-4,8H2/p+1/t12-/m1/s1. The van der Waals surface area contributed by atoms with Crippen molar-refractivity contribution >= 4 is 40.7 Å². The van der Waals surface area contributed by atoms with Crippen LogP contribution in [-0.2, 0) is 14.3 Å². The maximum absolute atomic E-state index is 12.6.